The molecule has 1 aliphatic rings. The van der Waals surface area contributed by atoms with Gasteiger partial charge in [0, 0.05) is 0 Å². The van der Waals surface area contributed by atoms with Crippen molar-refractivity contribution in [3.63, 3.8) is 0 Å². The summed E-state index contributed by atoms with van der Waals surface area (Å²) in [7, 11) is 0. The van der Waals surface area contributed by atoms with Gasteiger partial charge in [0.15, 0.2) is 5.82 Å². The molecule has 1 fully saturated rings. The highest BCUT2D eigenvalue weighted by molar-refractivity contribution is 5.83. The number of amides is 1. The van der Waals surface area contributed by atoms with Crippen LogP contribution in [-0.4, -0.2) is 27.7 Å². The van der Waals surface area contributed by atoms with Crippen LogP contribution in [0.2, 0.25) is 0 Å². The Labute approximate surface area is 158 Å². The van der Waals surface area contributed by atoms with Crippen LogP contribution in [0.25, 0.3) is 16.8 Å². The number of hydrogen-bond acceptors (Lipinski definition) is 4. The minimum atomic E-state index is -0.526. The highest BCUT2D eigenvalue weighted by Crippen LogP contribution is 2.47. The zero-order chi connectivity index (χ0) is 18.9. The van der Waals surface area contributed by atoms with Crippen molar-refractivity contribution in [1.29, 1.82) is 0 Å². The fraction of sp³-hybridized carbons (Fsp3) is 0.286. The number of carbonyl (C=O) groups is 1. The zero-order valence-corrected chi connectivity index (χ0v) is 15.5. The van der Waals surface area contributed by atoms with Crippen molar-refractivity contribution in [3.05, 3.63) is 60.3 Å². The Morgan fingerprint density at radius 2 is 1.74 bits per heavy atom. The van der Waals surface area contributed by atoms with E-state index in [-0.39, 0.29) is 0 Å². The summed E-state index contributed by atoms with van der Waals surface area (Å²) in [6, 6.07) is 16.8. The molecule has 1 aromatic heterocycles. The van der Waals surface area contributed by atoms with Crippen LogP contribution in [0, 0.1) is 0 Å². The first-order valence-electron chi connectivity index (χ1n) is 9.15. The summed E-state index contributed by atoms with van der Waals surface area (Å²) in [5.74, 6) is 0.461. The molecule has 1 saturated carbocycles. The molecule has 0 spiro atoms. The highest BCUT2D eigenvalue weighted by atomic mass is 16.5. The molecule has 6 heteroatoms. The van der Waals surface area contributed by atoms with E-state index in [0.29, 0.717) is 17.8 Å². The maximum absolute atomic E-state index is 11.6. The summed E-state index contributed by atoms with van der Waals surface area (Å²) in [4.78, 5) is 11.6. The number of anilines is 1. The van der Waals surface area contributed by atoms with Crippen molar-refractivity contribution >= 4 is 11.9 Å². The number of ether oxygens (including phenoxy) is 1. The fourth-order valence-electron chi connectivity index (χ4n) is 3.12. The zero-order valence-electron chi connectivity index (χ0n) is 15.5. The largest absolute Gasteiger partial charge is 0.450 e. The molecule has 0 saturated heterocycles. The second-order valence-corrected chi connectivity index (χ2v) is 7.06. The summed E-state index contributed by atoms with van der Waals surface area (Å²) in [5, 5.41) is 10.6. The predicted octanol–water partition coefficient (Wildman–Crippen LogP) is 4.55. The Morgan fingerprint density at radius 1 is 1.11 bits per heavy atom. The molecule has 1 N–H and O–H groups in total. The van der Waals surface area contributed by atoms with Gasteiger partial charge in [-0.25, -0.2) is 4.79 Å². The number of nitrogens with zero attached hydrogens (tertiary/aromatic N) is 3. The van der Waals surface area contributed by atoms with E-state index >= 15 is 0 Å². The summed E-state index contributed by atoms with van der Waals surface area (Å²) in [6.07, 6.45) is 3.52. The van der Waals surface area contributed by atoms with Gasteiger partial charge in [-0.15, -0.1) is 5.10 Å². The third-order valence-corrected chi connectivity index (χ3v) is 5.08. The second kappa shape index (κ2) is 6.87. The Morgan fingerprint density at radius 3 is 2.33 bits per heavy atom. The van der Waals surface area contributed by atoms with Gasteiger partial charge in [-0.05, 0) is 54.0 Å². The summed E-state index contributed by atoms with van der Waals surface area (Å²) in [6.45, 7) is 4.38. The minimum Gasteiger partial charge on any atom is -0.450 e. The van der Waals surface area contributed by atoms with Crippen molar-refractivity contribution in [3.8, 4) is 16.8 Å². The van der Waals surface area contributed by atoms with Crippen LogP contribution >= 0.6 is 0 Å². The Bertz CT molecular complexity index is 941. The van der Waals surface area contributed by atoms with Gasteiger partial charge in [0.1, 0.15) is 0 Å². The van der Waals surface area contributed by atoms with Crippen molar-refractivity contribution < 1.29 is 9.53 Å². The standard InChI is InChI=1S/C21H22N4O2/c1-3-27-20(26)23-19-14-22-24-25(19)18-10-6-16(7-11-18)15-4-8-17(9-5-15)21(2)12-13-21/h4-11,14H,3,12-13H2,1-2H3,(H,23,26). The molecule has 138 valence electrons. The van der Waals surface area contributed by atoms with Gasteiger partial charge in [-0.2, -0.15) is 4.68 Å². The van der Waals surface area contributed by atoms with Crippen LogP contribution in [0.4, 0.5) is 10.6 Å². The predicted molar refractivity (Wildman–Crippen MR) is 104 cm³/mol. The quantitative estimate of drug-likeness (QED) is 0.723. The molecule has 27 heavy (non-hydrogen) atoms. The van der Waals surface area contributed by atoms with E-state index in [1.165, 1.54) is 30.2 Å². The number of rotatable bonds is 5. The molecule has 1 heterocycles. The SMILES string of the molecule is CCOC(=O)Nc1cnnn1-c1ccc(-c2ccc(C3(C)CC3)cc2)cc1. The van der Waals surface area contributed by atoms with Gasteiger partial charge in [-0.3, -0.25) is 5.32 Å². The molecule has 1 aliphatic carbocycles. The average molecular weight is 362 g/mol. The third-order valence-electron chi connectivity index (χ3n) is 5.08. The average Bonchev–Trinajstić information content (AvgIpc) is 3.27. The lowest BCUT2D eigenvalue weighted by Gasteiger charge is -2.11. The van der Waals surface area contributed by atoms with E-state index in [0.717, 1.165) is 11.3 Å². The number of nitrogens with one attached hydrogen (secondary N) is 1. The number of aromatic nitrogens is 3. The first-order chi connectivity index (χ1) is 13.1. The smallest absolute Gasteiger partial charge is 0.412 e. The lowest BCUT2D eigenvalue weighted by molar-refractivity contribution is 0.167. The van der Waals surface area contributed by atoms with Crippen LogP contribution in [0.1, 0.15) is 32.3 Å². The molecule has 0 bridgehead atoms. The Hall–Kier alpha value is -3.15. The molecule has 1 amide bonds. The maximum Gasteiger partial charge on any atom is 0.412 e. The lowest BCUT2D eigenvalue weighted by atomic mass is 9.95. The molecule has 2 aromatic carbocycles. The van der Waals surface area contributed by atoms with Gasteiger partial charge in [0.05, 0.1) is 18.5 Å². The van der Waals surface area contributed by atoms with Gasteiger partial charge >= 0.3 is 6.09 Å². The number of benzene rings is 2. The molecular weight excluding hydrogens is 340 g/mol. The van der Waals surface area contributed by atoms with Gasteiger partial charge < -0.3 is 4.74 Å². The highest BCUT2D eigenvalue weighted by Gasteiger charge is 2.38. The molecule has 4 rings (SSSR count). The number of hydrogen-bond donors (Lipinski definition) is 1. The topological polar surface area (TPSA) is 69.0 Å². The van der Waals surface area contributed by atoms with E-state index in [1.807, 2.05) is 24.3 Å². The van der Waals surface area contributed by atoms with Gasteiger partial charge in [-0.1, -0.05) is 48.5 Å². The lowest BCUT2D eigenvalue weighted by Crippen LogP contribution is -2.16. The van der Waals surface area contributed by atoms with Crippen LogP contribution in [0.15, 0.2) is 54.7 Å². The molecule has 0 aliphatic heterocycles. The first kappa shape index (κ1) is 17.3. The van der Waals surface area contributed by atoms with E-state index in [2.05, 4.69) is 46.8 Å². The molecule has 6 nitrogen and oxygen atoms in total. The normalized spacial score (nSPS) is 14.6. The molecule has 0 atom stereocenters. The fourth-order valence-corrected chi connectivity index (χ4v) is 3.12. The van der Waals surface area contributed by atoms with E-state index in [4.69, 9.17) is 4.74 Å². The Balaban J connectivity index is 1.53. The molecule has 0 unspecified atom stereocenters. The summed E-state index contributed by atoms with van der Waals surface area (Å²) < 4.78 is 6.47. The van der Waals surface area contributed by atoms with Gasteiger partial charge in [0.25, 0.3) is 0 Å². The van der Waals surface area contributed by atoms with Gasteiger partial charge in [0.2, 0.25) is 0 Å². The van der Waals surface area contributed by atoms with Crippen molar-refractivity contribution in [1.82, 2.24) is 15.0 Å². The molecular formula is C21H22N4O2. The van der Waals surface area contributed by atoms with Crippen LogP contribution in [0.3, 0.4) is 0 Å². The summed E-state index contributed by atoms with van der Waals surface area (Å²) >= 11 is 0. The van der Waals surface area contributed by atoms with E-state index in [1.54, 1.807) is 11.6 Å². The van der Waals surface area contributed by atoms with Crippen molar-refractivity contribution in [2.24, 2.45) is 0 Å². The summed E-state index contributed by atoms with van der Waals surface area (Å²) in [5.41, 5.74) is 4.92. The van der Waals surface area contributed by atoms with Crippen LogP contribution in [-0.2, 0) is 10.2 Å². The monoisotopic (exact) mass is 362 g/mol. The van der Waals surface area contributed by atoms with Crippen LogP contribution in [0.5, 0.6) is 0 Å². The maximum atomic E-state index is 11.6. The number of carbonyl (C=O) groups excluding carboxylic acids is 1. The van der Waals surface area contributed by atoms with Crippen molar-refractivity contribution in [2.75, 3.05) is 11.9 Å². The molecule has 0 radical (unpaired) electrons. The van der Waals surface area contributed by atoms with Crippen LogP contribution < -0.4 is 5.32 Å². The molecule has 3 aromatic rings. The minimum absolute atomic E-state index is 0.306. The van der Waals surface area contributed by atoms with E-state index in [9.17, 15) is 4.79 Å². The van der Waals surface area contributed by atoms with E-state index < -0.39 is 6.09 Å². The third kappa shape index (κ3) is 3.56. The Kier molecular flexibility index (Phi) is 4.39. The van der Waals surface area contributed by atoms with Crippen molar-refractivity contribution in [2.45, 2.75) is 32.1 Å². The second-order valence-electron chi connectivity index (χ2n) is 7.06. The first-order valence-corrected chi connectivity index (χ1v) is 9.15.